The van der Waals surface area contributed by atoms with E-state index in [9.17, 15) is 9.59 Å². The third-order valence-corrected chi connectivity index (χ3v) is 4.02. The third-order valence-electron chi connectivity index (χ3n) is 4.02. The fourth-order valence-corrected chi connectivity index (χ4v) is 2.72. The third kappa shape index (κ3) is 3.63. The van der Waals surface area contributed by atoms with Crippen LogP contribution in [-0.4, -0.2) is 25.0 Å². The number of hydrogen-bond acceptors (Lipinski definition) is 3. The van der Waals surface area contributed by atoms with Crippen molar-refractivity contribution in [1.29, 1.82) is 0 Å². The van der Waals surface area contributed by atoms with E-state index in [2.05, 4.69) is 5.32 Å². The molecule has 1 aliphatic carbocycles. The number of rotatable bonds is 4. The van der Waals surface area contributed by atoms with E-state index >= 15 is 0 Å². The lowest BCUT2D eigenvalue weighted by molar-refractivity contribution is -0.144. The second kappa shape index (κ2) is 6.74. The van der Waals surface area contributed by atoms with Crippen LogP contribution in [-0.2, 0) is 22.4 Å². The highest BCUT2D eigenvalue weighted by Crippen LogP contribution is 2.22. The fourth-order valence-electron chi connectivity index (χ4n) is 2.72. The van der Waals surface area contributed by atoms with E-state index < -0.39 is 12.0 Å². The van der Waals surface area contributed by atoms with Crippen LogP contribution in [0.4, 0.5) is 0 Å². The van der Waals surface area contributed by atoms with Crippen LogP contribution in [0.3, 0.4) is 0 Å². The number of methoxy groups -OCH3 is 1. The molecule has 0 bridgehead atoms. The second-order valence-corrected chi connectivity index (χ2v) is 5.91. The summed E-state index contributed by atoms with van der Waals surface area (Å²) >= 11 is 0. The van der Waals surface area contributed by atoms with Crippen LogP contribution >= 0.6 is 0 Å². The Hall–Kier alpha value is -1.84. The Bertz CT molecular complexity index is 537. The molecule has 0 spiro atoms. The number of benzene rings is 1. The minimum absolute atomic E-state index is 0.0148. The van der Waals surface area contributed by atoms with Gasteiger partial charge in [0, 0.05) is 5.56 Å². The van der Waals surface area contributed by atoms with E-state index in [4.69, 9.17) is 4.74 Å². The molecular formula is C17H23NO3. The molecule has 0 fully saturated rings. The van der Waals surface area contributed by atoms with Crippen LogP contribution in [0.2, 0.25) is 0 Å². The van der Waals surface area contributed by atoms with Crippen molar-refractivity contribution in [3.63, 3.8) is 0 Å². The molecule has 0 aliphatic heterocycles. The van der Waals surface area contributed by atoms with E-state index in [0.717, 1.165) is 12.8 Å². The first-order valence-electron chi connectivity index (χ1n) is 7.53. The molecule has 0 saturated carbocycles. The molecule has 1 amide bonds. The molecule has 0 unspecified atom stereocenters. The molecule has 0 heterocycles. The van der Waals surface area contributed by atoms with Gasteiger partial charge >= 0.3 is 5.97 Å². The molecule has 2 rings (SSSR count). The molecule has 21 heavy (non-hydrogen) atoms. The molecule has 1 N–H and O–H groups in total. The zero-order chi connectivity index (χ0) is 15.4. The highest BCUT2D eigenvalue weighted by Gasteiger charge is 2.25. The quantitative estimate of drug-likeness (QED) is 0.866. The average molecular weight is 289 g/mol. The summed E-state index contributed by atoms with van der Waals surface area (Å²) in [5.74, 6) is -0.636. The molecule has 1 aliphatic rings. The first-order chi connectivity index (χ1) is 10.0. The van der Waals surface area contributed by atoms with Crippen LogP contribution in [0, 0.1) is 5.92 Å². The number of ether oxygens (including phenoxy) is 1. The number of hydrogen-bond donors (Lipinski definition) is 1. The Morgan fingerprint density at radius 3 is 2.43 bits per heavy atom. The summed E-state index contributed by atoms with van der Waals surface area (Å²) in [5.41, 5.74) is 3.21. The van der Waals surface area contributed by atoms with Crippen molar-refractivity contribution in [2.24, 2.45) is 5.92 Å². The Balaban J connectivity index is 2.14. The molecule has 4 nitrogen and oxygen atoms in total. The predicted octanol–water partition coefficient (Wildman–Crippen LogP) is 2.49. The molecule has 1 aromatic rings. The molecular weight excluding hydrogens is 266 g/mol. The van der Waals surface area contributed by atoms with Gasteiger partial charge in [-0.05, 0) is 54.9 Å². The molecule has 0 radical (unpaired) electrons. The van der Waals surface area contributed by atoms with Crippen molar-refractivity contribution < 1.29 is 14.3 Å². The Morgan fingerprint density at radius 2 is 1.81 bits per heavy atom. The summed E-state index contributed by atoms with van der Waals surface area (Å²) < 4.78 is 4.75. The van der Waals surface area contributed by atoms with Gasteiger partial charge in [-0.25, -0.2) is 4.79 Å². The average Bonchev–Trinajstić information content (AvgIpc) is 2.50. The van der Waals surface area contributed by atoms with Crippen molar-refractivity contribution >= 4 is 11.9 Å². The van der Waals surface area contributed by atoms with Gasteiger partial charge in [-0.2, -0.15) is 0 Å². The zero-order valence-electron chi connectivity index (χ0n) is 12.9. The van der Waals surface area contributed by atoms with Crippen molar-refractivity contribution in [3.8, 4) is 0 Å². The Morgan fingerprint density at radius 1 is 1.14 bits per heavy atom. The van der Waals surface area contributed by atoms with Crippen LogP contribution in [0.1, 0.15) is 48.2 Å². The van der Waals surface area contributed by atoms with Gasteiger partial charge in [0.25, 0.3) is 5.91 Å². The normalized spacial score (nSPS) is 15.2. The SMILES string of the molecule is COC(=O)[C@@H](NC(=O)c1ccc2c(c1)CCCC2)C(C)C. The minimum atomic E-state index is -0.612. The monoisotopic (exact) mass is 289 g/mol. The van der Waals surface area contributed by atoms with Gasteiger partial charge in [-0.15, -0.1) is 0 Å². The topological polar surface area (TPSA) is 55.4 Å². The van der Waals surface area contributed by atoms with Crippen molar-refractivity contribution in [3.05, 3.63) is 34.9 Å². The van der Waals surface area contributed by atoms with E-state index in [-0.39, 0.29) is 11.8 Å². The van der Waals surface area contributed by atoms with Crippen LogP contribution in [0.5, 0.6) is 0 Å². The van der Waals surface area contributed by atoms with Gasteiger partial charge in [0.2, 0.25) is 0 Å². The number of esters is 1. The Kier molecular flexibility index (Phi) is 4.99. The standard InChI is InChI=1S/C17H23NO3/c1-11(2)15(17(20)21-3)18-16(19)14-9-8-12-6-4-5-7-13(12)10-14/h8-11,15H,4-7H2,1-3H3,(H,18,19)/t15-/m0/s1. The van der Waals surface area contributed by atoms with Crippen LogP contribution in [0.25, 0.3) is 0 Å². The number of carbonyl (C=O) groups is 2. The first kappa shape index (κ1) is 15.5. The molecule has 1 atom stereocenters. The highest BCUT2D eigenvalue weighted by atomic mass is 16.5. The molecule has 0 saturated heterocycles. The maximum absolute atomic E-state index is 12.3. The van der Waals surface area contributed by atoms with Crippen LogP contribution < -0.4 is 5.32 Å². The molecule has 4 heteroatoms. The van der Waals surface area contributed by atoms with E-state index in [0.29, 0.717) is 5.56 Å². The number of amides is 1. The Labute approximate surface area is 125 Å². The first-order valence-corrected chi connectivity index (χ1v) is 7.53. The zero-order valence-corrected chi connectivity index (χ0v) is 12.9. The molecule has 114 valence electrons. The fraction of sp³-hybridized carbons (Fsp3) is 0.529. The summed E-state index contributed by atoms with van der Waals surface area (Å²) in [6, 6.07) is 5.22. The van der Waals surface area contributed by atoms with Gasteiger partial charge in [0.1, 0.15) is 6.04 Å². The van der Waals surface area contributed by atoms with Crippen molar-refractivity contribution in [2.45, 2.75) is 45.6 Å². The van der Waals surface area contributed by atoms with Crippen molar-refractivity contribution in [2.75, 3.05) is 7.11 Å². The summed E-state index contributed by atoms with van der Waals surface area (Å²) in [7, 11) is 1.34. The van der Waals surface area contributed by atoms with E-state index in [1.807, 2.05) is 32.0 Å². The van der Waals surface area contributed by atoms with E-state index in [1.54, 1.807) is 0 Å². The van der Waals surface area contributed by atoms with Gasteiger partial charge in [-0.3, -0.25) is 4.79 Å². The molecule has 1 aromatic carbocycles. The van der Waals surface area contributed by atoms with Crippen LogP contribution in [0.15, 0.2) is 18.2 Å². The lowest BCUT2D eigenvalue weighted by atomic mass is 9.90. The second-order valence-electron chi connectivity index (χ2n) is 5.91. The summed E-state index contributed by atoms with van der Waals surface area (Å²) in [6.07, 6.45) is 4.51. The summed E-state index contributed by atoms with van der Waals surface area (Å²) in [5, 5.41) is 2.78. The lowest BCUT2D eigenvalue weighted by Gasteiger charge is -2.21. The highest BCUT2D eigenvalue weighted by molar-refractivity contribution is 5.97. The maximum atomic E-state index is 12.3. The summed E-state index contributed by atoms with van der Waals surface area (Å²) in [4.78, 5) is 24.1. The predicted molar refractivity (Wildman–Crippen MR) is 81.2 cm³/mol. The maximum Gasteiger partial charge on any atom is 0.328 e. The number of carbonyl (C=O) groups excluding carboxylic acids is 2. The number of nitrogens with one attached hydrogen (secondary N) is 1. The largest absolute Gasteiger partial charge is 0.467 e. The van der Waals surface area contributed by atoms with Crippen molar-refractivity contribution in [1.82, 2.24) is 5.32 Å². The summed E-state index contributed by atoms with van der Waals surface area (Å²) in [6.45, 7) is 3.77. The van der Waals surface area contributed by atoms with Gasteiger partial charge in [0.05, 0.1) is 7.11 Å². The van der Waals surface area contributed by atoms with Gasteiger partial charge in [-0.1, -0.05) is 19.9 Å². The van der Waals surface area contributed by atoms with Gasteiger partial charge < -0.3 is 10.1 Å². The van der Waals surface area contributed by atoms with Gasteiger partial charge in [0.15, 0.2) is 0 Å². The lowest BCUT2D eigenvalue weighted by Crippen LogP contribution is -2.45. The minimum Gasteiger partial charge on any atom is -0.467 e. The molecule has 0 aromatic heterocycles. The smallest absolute Gasteiger partial charge is 0.328 e. The number of aryl methyl sites for hydroxylation is 2. The van der Waals surface area contributed by atoms with E-state index in [1.165, 1.54) is 31.1 Å². The number of fused-ring (bicyclic) bond motifs is 1.